The SMILES string of the molecule is N#Cc1ccc(-c2c(-c3ccc4cc(-c5cccc6cccnc56)ccc4c3)ccc3ccccc23)cc1. The average Bonchev–Trinajstić information content (AvgIpc) is 3.00. The summed E-state index contributed by atoms with van der Waals surface area (Å²) in [5.41, 5.74) is 8.64. The molecule has 0 spiro atoms. The van der Waals surface area contributed by atoms with E-state index in [1.807, 2.05) is 24.4 Å². The zero-order valence-electron chi connectivity index (χ0n) is 20.6. The number of pyridine rings is 1. The summed E-state index contributed by atoms with van der Waals surface area (Å²) in [6.07, 6.45) is 1.86. The van der Waals surface area contributed by atoms with Gasteiger partial charge in [0.2, 0.25) is 0 Å². The van der Waals surface area contributed by atoms with Crippen molar-refractivity contribution in [2.24, 2.45) is 0 Å². The highest BCUT2D eigenvalue weighted by molar-refractivity contribution is 6.05. The Kier molecular flexibility index (Phi) is 5.20. The number of para-hydroxylation sites is 1. The third kappa shape index (κ3) is 3.70. The quantitative estimate of drug-likeness (QED) is 0.251. The fraction of sp³-hybridized carbons (Fsp3) is 0. The summed E-state index contributed by atoms with van der Waals surface area (Å²) >= 11 is 0. The number of aromatic nitrogens is 1. The molecule has 0 aliphatic heterocycles. The molecular formula is C36H22N2. The first kappa shape index (κ1) is 22.0. The van der Waals surface area contributed by atoms with E-state index in [4.69, 9.17) is 0 Å². The van der Waals surface area contributed by atoms with Crippen molar-refractivity contribution in [1.82, 2.24) is 4.98 Å². The number of hydrogen-bond acceptors (Lipinski definition) is 2. The zero-order valence-corrected chi connectivity index (χ0v) is 20.6. The van der Waals surface area contributed by atoms with Crippen LogP contribution in [0, 0.1) is 11.3 Å². The van der Waals surface area contributed by atoms with Gasteiger partial charge in [0, 0.05) is 17.1 Å². The number of rotatable bonds is 3. The summed E-state index contributed by atoms with van der Waals surface area (Å²) in [6, 6.07) is 46.8. The molecule has 0 aliphatic carbocycles. The first-order valence-corrected chi connectivity index (χ1v) is 12.7. The Morgan fingerprint density at radius 1 is 0.500 bits per heavy atom. The molecule has 2 heteroatoms. The van der Waals surface area contributed by atoms with Crippen LogP contribution in [0.1, 0.15) is 5.56 Å². The maximum absolute atomic E-state index is 9.29. The fourth-order valence-corrected chi connectivity index (χ4v) is 5.45. The highest BCUT2D eigenvalue weighted by atomic mass is 14.6. The molecule has 7 aromatic rings. The fourth-order valence-electron chi connectivity index (χ4n) is 5.45. The van der Waals surface area contributed by atoms with Crippen LogP contribution in [0.5, 0.6) is 0 Å². The van der Waals surface area contributed by atoms with Gasteiger partial charge in [-0.15, -0.1) is 0 Å². The number of nitriles is 1. The van der Waals surface area contributed by atoms with Crippen LogP contribution >= 0.6 is 0 Å². The Morgan fingerprint density at radius 3 is 1.95 bits per heavy atom. The minimum Gasteiger partial charge on any atom is -0.256 e. The second kappa shape index (κ2) is 9.00. The molecule has 7 rings (SSSR count). The van der Waals surface area contributed by atoms with Crippen molar-refractivity contribution in [3.8, 4) is 39.4 Å². The van der Waals surface area contributed by atoms with E-state index >= 15 is 0 Å². The van der Waals surface area contributed by atoms with Gasteiger partial charge in [0.05, 0.1) is 17.1 Å². The largest absolute Gasteiger partial charge is 0.256 e. The second-order valence-corrected chi connectivity index (χ2v) is 9.56. The van der Waals surface area contributed by atoms with E-state index in [1.165, 1.54) is 43.8 Å². The van der Waals surface area contributed by atoms with Crippen LogP contribution in [0.15, 0.2) is 134 Å². The average molecular weight is 483 g/mol. The van der Waals surface area contributed by atoms with Crippen LogP contribution in [0.3, 0.4) is 0 Å². The lowest BCUT2D eigenvalue weighted by molar-refractivity contribution is 1.41. The second-order valence-electron chi connectivity index (χ2n) is 9.56. The van der Waals surface area contributed by atoms with Gasteiger partial charge in [0.15, 0.2) is 0 Å². The molecular weight excluding hydrogens is 460 g/mol. The lowest BCUT2D eigenvalue weighted by Crippen LogP contribution is -1.89. The monoisotopic (exact) mass is 482 g/mol. The number of benzene rings is 6. The highest BCUT2D eigenvalue weighted by Gasteiger charge is 2.13. The first-order chi connectivity index (χ1) is 18.8. The van der Waals surface area contributed by atoms with Crippen LogP contribution in [-0.4, -0.2) is 4.98 Å². The highest BCUT2D eigenvalue weighted by Crippen LogP contribution is 2.39. The van der Waals surface area contributed by atoms with E-state index in [9.17, 15) is 5.26 Å². The van der Waals surface area contributed by atoms with E-state index in [1.54, 1.807) is 0 Å². The summed E-state index contributed by atoms with van der Waals surface area (Å²) in [5.74, 6) is 0. The summed E-state index contributed by atoms with van der Waals surface area (Å²) < 4.78 is 0. The van der Waals surface area contributed by atoms with Gasteiger partial charge in [-0.1, -0.05) is 97.1 Å². The normalized spacial score (nSPS) is 11.1. The molecule has 0 aliphatic rings. The van der Waals surface area contributed by atoms with Crippen LogP contribution < -0.4 is 0 Å². The number of fused-ring (bicyclic) bond motifs is 3. The number of hydrogen-bond donors (Lipinski definition) is 0. The van der Waals surface area contributed by atoms with Crippen LogP contribution in [0.2, 0.25) is 0 Å². The molecule has 0 amide bonds. The van der Waals surface area contributed by atoms with Crippen LogP contribution in [0.25, 0.3) is 65.8 Å². The summed E-state index contributed by atoms with van der Waals surface area (Å²) in [4.78, 5) is 4.65. The molecule has 0 radical (unpaired) electrons. The minimum absolute atomic E-state index is 0.665. The molecule has 0 saturated carbocycles. The predicted molar refractivity (Wildman–Crippen MR) is 158 cm³/mol. The van der Waals surface area contributed by atoms with Crippen molar-refractivity contribution >= 4 is 32.4 Å². The summed E-state index contributed by atoms with van der Waals surface area (Å²) in [6.45, 7) is 0. The van der Waals surface area contributed by atoms with Crippen molar-refractivity contribution in [2.75, 3.05) is 0 Å². The van der Waals surface area contributed by atoms with Gasteiger partial charge >= 0.3 is 0 Å². The zero-order chi connectivity index (χ0) is 25.5. The molecule has 1 aromatic heterocycles. The van der Waals surface area contributed by atoms with Gasteiger partial charge in [-0.05, 0) is 79.7 Å². The maximum Gasteiger partial charge on any atom is 0.0991 e. The molecule has 0 saturated heterocycles. The topological polar surface area (TPSA) is 36.7 Å². The minimum atomic E-state index is 0.665. The molecule has 0 N–H and O–H groups in total. The lowest BCUT2D eigenvalue weighted by Gasteiger charge is -2.15. The molecule has 0 atom stereocenters. The standard InChI is InChI=1S/C36H22N2/c37-23-24-10-12-26(13-11-24)35-32-8-2-1-5-25(32)18-19-33(35)30-16-14-29-22-31(17-15-28(29)21-30)34-9-3-6-27-7-4-20-38-36(27)34/h1-22H. The van der Waals surface area contributed by atoms with Gasteiger partial charge in [0.25, 0.3) is 0 Å². The molecule has 176 valence electrons. The lowest BCUT2D eigenvalue weighted by atomic mass is 9.88. The number of nitrogens with zero attached hydrogens (tertiary/aromatic N) is 2. The van der Waals surface area contributed by atoms with Gasteiger partial charge in [0.1, 0.15) is 0 Å². The Labute approximate surface area is 221 Å². The summed E-state index contributed by atoms with van der Waals surface area (Å²) in [7, 11) is 0. The Hall–Kier alpha value is -5.26. The molecule has 38 heavy (non-hydrogen) atoms. The van der Waals surface area contributed by atoms with E-state index in [2.05, 4.69) is 120 Å². The summed E-state index contributed by atoms with van der Waals surface area (Å²) in [5, 5.41) is 15.2. The molecule has 0 fully saturated rings. The van der Waals surface area contributed by atoms with Crippen LogP contribution in [-0.2, 0) is 0 Å². The Bertz CT molecular complexity index is 2020. The predicted octanol–water partition coefficient (Wildman–Crippen LogP) is 9.41. The van der Waals surface area contributed by atoms with Crippen molar-refractivity contribution < 1.29 is 0 Å². The van der Waals surface area contributed by atoms with Crippen molar-refractivity contribution in [3.05, 3.63) is 139 Å². The Morgan fingerprint density at radius 2 is 1.16 bits per heavy atom. The van der Waals surface area contributed by atoms with E-state index in [0.717, 1.165) is 22.0 Å². The third-order valence-corrected chi connectivity index (χ3v) is 7.33. The maximum atomic E-state index is 9.29. The smallest absolute Gasteiger partial charge is 0.0991 e. The molecule has 2 nitrogen and oxygen atoms in total. The van der Waals surface area contributed by atoms with E-state index in [0.29, 0.717) is 5.56 Å². The molecule has 1 heterocycles. The first-order valence-electron chi connectivity index (χ1n) is 12.7. The van der Waals surface area contributed by atoms with Crippen LogP contribution in [0.4, 0.5) is 0 Å². The van der Waals surface area contributed by atoms with Gasteiger partial charge in [-0.25, -0.2) is 0 Å². The van der Waals surface area contributed by atoms with E-state index < -0.39 is 0 Å². The molecule has 0 unspecified atom stereocenters. The molecule has 6 aromatic carbocycles. The van der Waals surface area contributed by atoms with Crippen molar-refractivity contribution in [1.29, 1.82) is 5.26 Å². The Balaban J connectivity index is 1.38. The van der Waals surface area contributed by atoms with Gasteiger partial charge in [-0.3, -0.25) is 4.98 Å². The van der Waals surface area contributed by atoms with Crippen molar-refractivity contribution in [2.45, 2.75) is 0 Å². The molecule has 0 bridgehead atoms. The van der Waals surface area contributed by atoms with Gasteiger partial charge in [-0.2, -0.15) is 5.26 Å². The third-order valence-electron chi connectivity index (χ3n) is 7.33. The van der Waals surface area contributed by atoms with Gasteiger partial charge < -0.3 is 0 Å². The van der Waals surface area contributed by atoms with E-state index in [-0.39, 0.29) is 0 Å². The van der Waals surface area contributed by atoms with Crippen molar-refractivity contribution in [3.63, 3.8) is 0 Å².